The minimum Gasteiger partial charge on any atom is -0.496 e. The molecule has 0 amide bonds. The van der Waals surface area contributed by atoms with E-state index in [1.165, 1.54) is 13.2 Å². The Bertz CT molecular complexity index is 662. The first-order valence-electron chi connectivity index (χ1n) is 5.83. The van der Waals surface area contributed by atoms with Gasteiger partial charge in [-0.15, -0.1) is 0 Å². The van der Waals surface area contributed by atoms with Gasteiger partial charge in [0.1, 0.15) is 12.3 Å². The molecule has 1 aromatic carbocycles. The van der Waals surface area contributed by atoms with Crippen molar-refractivity contribution in [2.75, 3.05) is 7.11 Å². The van der Waals surface area contributed by atoms with E-state index >= 15 is 0 Å². The minimum atomic E-state index is -0.297. The van der Waals surface area contributed by atoms with E-state index in [1.807, 2.05) is 0 Å². The SMILES string of the molecule is COc1ccccc1C(=O)Cn1nc(C)ccc1=O. The highest BCUT2D eigenvalue weighted by Crippen LogP contribution is 2.17. The van der Waals surface area contributed by atoms with Gasteiger partial charge in [0.2, 0.25) is 0 Å². The molecule has 5 nitrogen and oxygen atoms in total. The van der Waals surface area contributed by atoms with Crippen molar-refractivity contribution >= 4 is 5.78 Å². The van der Waals surface area contributed by atoms with Crippen LogP contribution in [0.2, 0.25) is 0 Å². The molecule has 0 saturated heterocycles. The van der Waals surface area contributed by atoms with Crippen LogP contribution < -0.4 is 10.3 Å². The van der Waals surface area contributed by atoms with Crippen molar-refractivity contribution < 1.29 is 9.53 Å². The van der Waals surface area contributed by atoms with E-state index in [1.54, 1.807) is 37.3 Å². The molecule has 2 aromatic rings. The van der Waals surface area contributed by atoms with Crippen LogP contribution in [-0.2, 0) is 6.54 Å². The number of rotatable bonds is 4. The number of nitrogens with zero attached hydrogens (tertiary/aromatic N) is 2. The van der Waals surface area contributed by atoms with Gasteiger partial charge in [-0.1, -0.05) is 12.1 Å². The number of para-hydroxylation sites is 1. The fourth-order valence-corrected chi connectivity index (χ4v) is 1.76. The largest absolute Gasteiger partial charge is 0.496 e. The number of hydrogen-bond donors (Lipinski definition) is 0. The van der Waals surface area contributed by atoms with E-state index in [9.17, 15) is 9.59 Å². The average molecular weight is 258 g/mol. The summed E-state index contributed by atoms with van der Waals surface area (Å²) in [5, 5.41) is 4.04. The number of carbonyl (C=O) groups is 1. The van der Waals surface area contributed by atoms with Gasteiger partial charge in [-0.3, -0.25) is 9.59 Å². The zero-order valence-corrected chi connectivity index (χ0v) is 10.8. The predicted molar refractivity (Wildman–Crippen MR) is 70.6 cm³/mol. The van der Waals surface area contributed by atoms with E-state index in [-0.39, 0.29) is 17.9 Å². The zero-order valence-electron chi connectivity index (χ0n) is 10.8. The van der Waals surface area contributed by atoms with Gasteiger partial charge in [0.25, 0.3) is 5.56 Å². The van der Waals surface area contributed by atoms with Crippen LogP contribution in [0.5, 0.6) is 5.75 Å². The third kappa shape index (κ3) is 2.88. The lowest BCUT2D eigenvalue weighted by molar-refractivity contribution is 0.0962. The normalized spacial score (nSPS) is 10.2. The Hall–Kier alpha value is -2.43. The molecule has 0 saturated carbocycles. The number of benzene rings is 1. The van der Waals surface area contributed by atoms with Crippen LogP contribution in [0.15, 0.2) is 41.2 Å². The first kappa shape index (κ1) is 13.0. The first-order chi connectivity index (χ1) is 9.11. The molecule has 0 aliphatic carbocycles. The second-order valence-electron chi connectivity index (χ2n) is 4.09. The molecule has 0 bridgehead atoms. The summed E-state index contributed by atoms with van der Waals surface area (Å²) in [6, 6.07) is 9.93. The van der Waals surface area contributed by atoms with Crippen LogP contribution in [0.1, 0.15) is 16.1 Å². The average Bonchev–Trinajstić information content (AvgIpc) is 2.42. The highest BCUT2D eigenvalue weighted by molar-refractivity contribution is 5.98. The molecule has 0 radical (unpaired) electrons. The molecule has 5 heteroatoms. The van der Waals surface area contributed by atoms with Crippen molar-refractivity contribution in [3.8, 4) is 5.75 Å². The van der Waals surface area contributed by atoms with E-state index in [0.29, 0.717) is 17.0 Å². The topological polar surface area (TPSA) is 61.2 Å². The van der Waals surface area contributed by atoms with E-state index < -0.39 is 0 Å². The quantitative estimate of drug-likeness (QED) is 0.779. The molecule has 1 aromatic heterocycles. The van der Waals surface area contributed by atoms with Crippen molar-refractivity contribution in [3.63, 3.8) is 0 Å². The van der Waals surface area contributed by atoms with Gasteiger partial charge in [-0.2, -0.15) is 5.10 Å². The Labute approximate surface area is 110 Å². The van der Waals surface area contributed by atoms with Gasteiger partial charge in [-0.25, -0.2) is 4.68 Å². The Morgan fingerprint density at radius 1 is 1.26 bits per heavy atom. The van der Waals surface area contributed by atoms with Crippen LogP contribution >= 0.6 is 0 Å². The Kier molecular flexibility index (Phi) is 3.75. The summed E-state index contributed by atoms with van der Waals surface area (Å²) >= 11 is 0. The van der Waals surface area contributed by atoms with Crippen molar-refractivity contribution in [1.29, 1.82) is 0 Å². The molecular formula is C14H14N2O3. The fourth-order valence-electron chi connectivity index (χ4n) is 1.76. The van der Waals surface area contributed by atoms with Gasteiger partial charge in [0, 0.05) is 6.07 Å². The summed E-state index contributed by atoms with van der Waals surface area (Å²) in [6.45, 7) is 1.67. The lowest BCUT2D eigenvalue weighted by Gasteiger charge is -2.08. The number of ether oxygens (including phenoxy) is 1. The molecular weight excluding hydrogens is 244 g/mol. The molecule has 0 aliphatic rings. The maximum absolute atomic E-state index is 12.2. The van der Waals surface area contributed by atoms with Crippen molar-refractivity contribution in [2.45, 2.75) is 13.5 Å². The molecule has 1 heterocycles. The van der Waals surface area contributed by atoms with Gasteiger partial charge in [0.05, 0.1) is 18.4 Å². The molecule has 98 valence electrons. The number of ketones is 1. The number of aryl methyl sites for hydroxylation is 1. The summed E-state index contributed by atoms with van der Waals surface area (Å²) in [7, 11) is 1.50. The lowest BCUT2D eigenvalue weighted by atomic mass is 10.1. The van der Waals surface area contributed by atoms with Crippen LogP contribution in [0.3, 0.4) is 0 Å². The number of methoxy groups -OCH3 is 1. The highest BCUT2D eigenvalue weighted by Gasteiger charge is 2.13. The molecule has 0 aliphatic heterocycles. The number of carbonyl (C=O) groups excluding carboxylic acids is 1. The Morgan fingerprint density at radius 2 is 2.00 bits per heavy atom. The second kappa shape index (κ2) is 5.48. The smallest absolute Gasteiger partial charge is 0.267 e. The van der Waals surface area contributed by atoms with Crippen molar-refractivity contribution in [1.82, 2.24) is 9.78 Å². The maximum atomic E-state index is 12.2. The Balaban J connectivity index is 2.31. The maximum Gasteiger partial charge on any atom is 0.267 e. The summed E-state index contributed by atoms with van der Waals surface area (Å²) in [5.74, 6) is 0.283. The van der Waals surface area contributed by atoms with Gasteiger partial charge < -0.3 is 4.74 Å². The van der Waals surface area contributed by atoms with Crippen LogP contribution in [0.25, 0.3) is 0 Å². The number of hydrogen-bond acceptors (Lipinski definition) is 4. The van der Waals surface area contributed by atoms with Crippen molar-refractivity contribution in [3.05, 3.63) is 58.0 Å². The Morgan fingerprint density at radius 3 is 2.74 bits per heavy atom. The van der Waals surface area contributed by atoms with Gasteiger partial charge in [-0.05, 0) is 25.1 Å². The summed E-state index contributed by atoms with van der Waals surface area (Å²) in [5.41, 5.74) is 0.835. The van der Waals surface area contributed by atoms with Gasteiger partial charge >= 0.3 is 0 Å². The molecule has 0 unspecified atom stereocenters. The zero-order chi connectivity index (χ0) is 13.8. The third-order valence-corrected chi connectivity index (χ3v) is 2.70. The molecule has 0 N–H and O–H groups in total. The molecule has 0 atom stereocenters. The number of Topliss-reactive ketones (excluding diaryl/α,β-unsaturated/α-hetero) is 1. The molecule has 0 spiro atoms. The summed E-state index contributed by atoms with van der Waals surface area (Å²) in [4.78, 5) is 23.8. The standard InChI is InChI=1S/C14H14N2O3/c1-10-7-8-14(18)16(15-10)9-12(17)11-5-3-4-6-13(11)19-2/h3-8H,9H2,1-2H3. The van der Waals surface area contributed by atoms with Crippen LogP contribution in [-0.4, -0.2) is 22.7 Å². The minimum absolute atomic E-state index is 0.0963. The van der Waals surface area contributed by atoms with Gasteiger partial charge in [0.15, 0.2) is 5.78 Å². The predicted octanol–water partition coefficient (Wildman–Crippen LogP) is 1.44. The summed E-state index contributed by atoms with van der Waals surface area (Å²) < 4.78 is 6.29. The monoisotopic (exact) mass is 258 g/mol. The third-order valence-electron chi connectivity index (χ3n) is 2.70. The van der Waals surface area contributed by atoms with E-state index in [4.69, 9.17) is 4.74 Å². The fraction of sp³-hybridized carbons (Fsp3) is 0.214. The molecule has 0 fully saturated rings. The highest BCUT2D eigenvalue weighted by atomic mass is 16.5. The van der Waals surface area contributed by atoms with Crippen LogP contribution in [0, 0.1) is 6.92 Å². The number of aromatic nitrogens is 2. The molecule has 19 heavy (non-hydrogen) atoms. The first-order valence-corrected chi connectivity index (χ1v) is 5.83. The summed E-state index contributed by atoms with van der Waals surface area (Å²) in [6.07, 6.45) is 0. The van der Waals surface area contributed by atoms with E-state index in [0.717, 1.165) is 4.68 Å². The van der Waals surface area contributed by atoms with Crippen molar-refractivity contribution in [2.24, 2.45) is 0 Å². The van der Waals surface area contributed by atoms with Crippen LogP contribution in [0.4, 0.5) is 0 Å². The second-order valence-corrected chi connectivity index (χ2v) is 4.09. The van der Waals surface area contributed by atoms with E-state index in [2.05, 4.69) is 5.10 Å². The lowest BCUT2D eigenvalue weighted by Crippen LogP contribution is -2.26. The molecule has 2 rings (SSSR count).